The lowest BCUT2D eigenvalue weighted by Crippen LogP contribution is -2.50. The fraction of sp³-hybridized carbons (Fsp3) is 0.533. The topological polar surface area (TPSA) is 64.4 Å². The molecular formula is C15H22N2O2. The standard InChI is InChI=1S/C15H22N2O2/c1-15(16,13-5-3-2-4-6-13)14(18)17-11-12-7-9-19-10-8-12/h2-6,12H,7-11,16H2,1H3,(H,17,18). The van der Waals surface area contributed by atoms with Gasteiger partial charge in [-0.15, -0.1) is 0 Å². The van der Waals surface area contributed by atoms with Crippen LogP contribution in [0.5, 0.6) is 0 Å². The fourth-order valence-corrected chi connectivity index (χ4v) is 2.29. The van der Waals surface area contributed by atoms with Gasteiger partial charge in [0.25, 0.3) is 0 Å². The predicted octanol–water partition coefficient (Wildman–Crippen LogP) is 1.40. The molecule has 1 saturated heterocycles. The van der Waals surface area contributed by atoms with Crippen molar-refractivity contribution in [2.24, 2.45) is 11.7 Å². The lowest BCUT2D eigenvalue weighted by atomic mass is 9.91. The molecule has 0 spiro atoms. The third-order valence-electron chi connectivity index (χ3n) is 3.74. The van der Waals surface area contributed by atoms with Crippen LogP contribution < -0.4 is 11.1 Å². The fourth-order valence-electron chi connectivity index (χ4n) is 2.29. The summed E-state index contributed by atoms with van der Waals surface area (Å²) in [5.41, 5.74) is 6.01. The van der Waals surface area contributed by atoms with E-state index >= 15 is 0 Å². The number of ether oxygens (including phenoxy) is 1. The van der Waals surface area contributed by atoms with Crippen LogP contribution in [0.2, 0.25) is 0 Å². The van der Waals surface area contributed by atoms with Crippen LogP contribution in [0.3, 0.4) is 0 Å². The van der Waals surface area contributed by atoms with Gasteiger partial charge in [0.2, 0.25) is 5.91 Å². The van der Waals surface area contributed by atoms with Crippen molar-refractivity contribution in [1.29, 1.82) is 0 Å². The molecule has 1 aliphatic heterocycles. The highest BCUT2D eigenvalue weighted by Crippen LogP contribution is 2.18. The van der Waals surface area contributed by atoms with Gasteiger partial charge in [-0.1, -0.05) is 30.3 Å². The van der Waals surface area contributed by atoms with Crippen LogP contribution in [0, 0.1) is 5.92 Å². The molecule has 1 aliphatic rings. The van der Waals surface area contributed by atoms with Crippen LogP contribution in [0.1, 0.15) is 25.3 Å². The molecule has 0 aromatic heterocycles. The highest BCUT2D eigenvalue weighted by Gasteiger charge is 2.30. The molecule has 1 amide bonds. The first-order chi connectivity index (χ1) is 9.10. The van der Waals surface area contributed by atoms with Gasteiger partial charge in [-0.05, 0) is 31.2 Å². The maximum Gasteiger partial charge on any atom is 0.244 e. The Morgan fingerprint density at radius 3 is 2.63 bits per heavy atom. The Bertz CT molecular complexity index is 411. The zero-order valence-corrected chi connectivity index (χ0v) is 11.4. The second-order valence-electron chi connectivity index (χ2n) is 5.33. The molecule has 3 N–H and O–H groups in total. The molecule has 4 nitrogen and oxygen atoms in total. The Kier molecular flexibility index (Phi) is 4.56. The largest absolute Gasteiger partial charge is 0.381 e. The van der Waals surface area contributed by atoms with Crippen molar-refractivity contribution in [2.45, 2.75) is 25.3 Å². The third-order valence-corrected chi connectivity index (χ3v) is 3.74. The number of hydrogen-bond acceptors (Lipinski definition) is 3. The monoisotopic (exact) mass is 262 g/mol. The summed E-state index contributed by atoms with van der Waals surface area (Å²) >= 11 is 0. The summed E-state index contributed by atoms with van der Waals surface area (Å²) < 4.78 is 5.31. The molecular weight excluding hydrogens is 240 g/mol. The van der Waals surface area contributed by atoms with Gasteiger partial charge in [0.1, 0.15) is 5.54 Å². The van der Waals surface area contributed by atoms with Crippen molar-refractivity contribution < 1.29 is 9.53 Å². The van der Waals surface area contributed by atoms with Crippen molar-refractivity contribution in [3.63, 3.8) is 0 Å². The number of nitrogens with two attached hydrogens (primary N) is 1. The molecule has 19 heavy (non-hydrogen) atoms. The minimum absolute atomic E-state index is 0.120. The molecule has 4 heteroatoms. The summed E-state index contributed by atoms with van der Waals surface area (Å²) in [6.07, 6.45) is 2.01. The number of carbonyl (C=O) groups is 1. The first-order valence-electron chi connectivity index (χ1n) is 6.81. The van der Waals surface area contributed by atoms with Gasteiger partial charge in [-0.3, -0.25) is 4.79 Å². The minimum Gasteiger partial charge on any atom is -0.381 e. The molecule has 1 unspecified atom stereocenters. The molecule has 0 aliphatic carbocycles. The predicted molar refractivity (Wildman–Crippen MR) is 74.5 cm³/mol. The van der Waals surface area contributed by atoms with E-state index < -0.39 is 5.54 Å². The quantitative estimate of drug-likeness (QED) is 0.862. The molecule has 0 bridgehead atoms. The van der Waals surface area contributed by atoms with Crippen molar-refractivity contribution in [3.05, 3.63) is 35.9 Å². The SMILES string of the molecule is CC(N)(C(=O)NCC1CCOCC1)c1ccccc1. The van der Waals surface area contributed by atoms with Gasteiger partial charge in [0, 0.05) is 19.8 Å². The van der Waals surface area contributed by atoms with E-state index in [0.717, 1.165) is 31.6 Å². The number of hydrogen-bond donors (Lipinski definition) is 2. The van der Waals surface area contributed by atoms with E-state index in [9.17, 15) is 4.79 Å². The molecule has 1 fully saturated rings. The molecule has 1 aromatic rings. The summed E-state index contributed by atoms with van der Waals surface area (Å²) in [6.45, 7) is 4.02. The van der Waals surface area contributed by atoms with Crippen molar-refractivity contribution >= 4 is 5.91 Å². The number of rotatable bonds is 4. The molecule has 1 atom stereocenters. The highest BCUT2D eigenvalue weighted by atomic mass is 16.5. The van der Waals surface area contributed by atoms with Gasteiger partial charge in [-0.25, -0.2) is 0 Å². The van der Waals surface area contributed by atoms with Gasteiger partial charge in [-0.2, -0.15) is 0 Å². The lowest BCUT2D eigenvalue weighted by Gasteiger charge is -2.27. The van der Waals surface area contributed by atoms with Crippen LogP contribution in [0.4, 0.5) is 0 Å². The first-order valence-corrected chi connectivity index (χ1v) is 6.81. The number of nitrogens with one attached hydrogen (secondary N) is 1. The van der Waals surface area contributed by atoms with Crippen LogP contribution in [0.15, 0.2) is 30.3 Å². The summed E-state index contributed by atoms with van der Waals surface area (Å²) in [4.78, 5) is 12.2. The van der Waals surface area contributed by atoms with Crippen LogP contribution in [0.25, 0.3) is 0 Å². The van der Waals surface area contributed by atoms with Crippen LogP contribution in [-0.4, -0.2) is 25.7 Å². The Hall–Kier alpha value is -1.39. The van der Waals surface area contributed by atoms with E-state index in [4.69, 9.17) is 10.5 Å². The second-order valence-corrected chi connectivity index (χ2v) is 5.33. The third kappa shape index (κ3) is 3.55. The Labute approximate surface area is 114 Å². The van der Waals surface area contributed by atoms with E-state index in [2.05, 4.69) is 5.32 Å². The maximum atomic E-state index is 12.2. The molecule has 0 radical (unpaired) electrons. The summed E-state index contributed by atoms with van der Waals surface area (Å²) in [5, 5.41) is 2.97. The van der Waals surface area contributed by atoms with Gasteiger partial charge < -0.3 is 15.8 Å². The zero-order valence-electron chi connectivity index (χ0n) is 11.4. The molecule has 1 heterocycles. The zero-order chi connectivity index (χ0) is 13.7. The summed E-state index contributed by atoms with van der Waals surface area (Å²) in [5.74, 6) is 0.384. The van der Waals surface area contributed by atoms with Crippen molar-refractivity contribution in [2.75, 3.05) is 19.8 Å². The maximum absolute atomic E-state index is 12.2. The highest BCUT2D eigenvalue weighted by molar-refractivity contribution is 5.86. The minimum atomic E-state index is -0.980. The smallest absolute Gasteiger partial charge is 0.244 e. The average Bonchev–Trinajstić information content (AvgIpc) is 2.46. The van der Waals surface area contributed by atoms with E-state index in [0.29, 0.717) is 12.5 Å². The van der Waals surface area contributed by atoms with E-state index in [1.165, 1.54) is 0 Å². The molecule has 1 aromatic carbocycles. The van der Waals surface area contributed by atoms with Gasteiger partial charge >= 0.3 is 0 Å². The average molecular weight is 262 g/mol. The molecule has 0 saturated carbocycles. The van der Waals surface area contributed by atoms with Gasteiger partial charge in [0.15, 0.2) is 0 Å². The van der Waals surface area contributed by atoms with Crippen molar-refractivity contribution in [1.82, 2.24) is 5.32 Å². The van der Waals surface area contributed by atoms with Crippen LogP contribution >= 0.6 is 0 Å². The molecule has 2 rings (SSSR count). The van der Waals surface area contributed by atoms with Gasteiger partial charge in [0.05, 0.1) is 0 Å². The molecule has 104 valence electrons. The Morgan fingerprint density at radius 1 is 1.37 bits per heavy atom. The van der Waals surface area contributed by atoms with E-state index in [1.807, 2.05) is 30.3 Å². The van der Waals surface area contributed by atoms with E-state index in [-0.39, 0.29) is 5.91 Å². The summed E-state index contributed by atoms with van der Waals surface area (Å²) in [7, 11) is 0. The second kappa shape index (κ2) is 6.17. The van der Waals surface area contributed by atoms with E-state index in [1.54, 1.807) is 6.92 Å². The number of amides is 1. The van der Waals surface area contributed by atoms with Crippen LogP contribution in [-0.2, 0) is 15.1 Å². The number of benzene rings is 1. The Morgan fingerprint density at radius 2 is 2.00 bits per heavy atom. The lowest BCUT2D eigenvalue weighted by molar-refractivity contribution is -0.126. The van der Waals surface area contributed by atoms with Crippen molar-refractivity contribution in [3.8, 4) is 0 Å². The Balaban J connectivity index is 1.91. The number of carbonyl (C=O) groups excluding carboxylic acids is 1. The normalized spacial score (nSPS) is 19.7. The first kappa shape index (κ1) is 14.0. The summed E-state index contributed by atoms with van der Waals surface area (Å²) in [6, 6.07) is 9.47.